The van der Waals surface area contributed by atoms with Crippen molar-refractivity contribution in [2.24, 2.45) is 0 Å². The molecule has 3 aromatic rings. The second-order valence-electron chi connectivity index (χ2n) is 5.53. The summed E-state index contributed by atoms with van der Waals surface area (Å²) in [5.41, 5.74) is 2.21. The molecule has 3 rings (SSSR count). The average molecular weight is 340 g/mol. The first-order valence-electron chi connectivity index (χ1n) is 7.91. The summed E-state index contributed by atoms with van der Waals surface area (Å²) in [6.07, 6.45) is 4.13. The molecule has 5 heteroatoms. The highest BCUT2D eigenvalue weighted by Crippen LogP contribution is 2.15. The molecule has 0 atom stereocenters. The number of thiophene rings is 1. The van der Waals surface area contributed by atoms with Gasteiger partial charge in [-0.25, -0.2) is 4.79 Å². The van der Waals surface area contributed by atoms with E-state index in [0.29, 0.717) is 19.6 Å². The zero-order valence-corrected chi connectivity index (χ0v) is 14.2. The third kappa shape index (κ3) is 4.73. The van der Waals surface area contributed by atoms with E-state index >= 15 is 0 Å². The molecule has 0 aliphatic heterocycles. The van der Waals surface area contributed by atoms with Gasteiger partial charge in [0.05, 0.1) is 25.6 Å². The van der Waals surface area contributed by atoms with Crippen LogP contribution in [-0.2, 0) is 19.5 Å². The average Bonchev–Trinajstić information content (AvgIpc) is 3.29. The van der Waals surface area contributed by atoms with Crippen molar-refractivity contribution in [3.05, 3.63) is 82.4 Å². The zero-order chi connectivity index (χ0) is 16.6. The van der Waals surface area contributed by atoms with Gasteiger partial charge in [-0.2, -0.15) is 0 Å². The highest BCUT2D eigenvalue weighted by Gasteiger charge is 2.15. The van der Waals surface area contributed by atoms with E-state index in [0.717, 1.165) is 16.9 Å². The Morgan fingerprint density at radius 2 is 1.92 bits per heavy atom. The number of benzene rings is 1. The molecule has 1 N–H and O–H groups in total. The van der Waals surface area contributed by atoms with Gasteiger partial charge in [0, 0.05) is 17.0 Å². The molecular weight excluding hydrogens is 320 g/mol. The summed E-state index contributed by atoms with van der Waals surface area (Å²) in [5.74, 6) is 0. The smallest absolute Gasteiger partial charge is 0.318 e. The molecule has 0 saturated carbocycles. The quantitative estimate of drug-likeness (QED) is 0.697. The first-order valence-corrected chi connectivity index (χ1v) is 8.79. The van der Waals surface area contributed by atoms with Crippen LogP contribution < -0.4 is 5.32 Å². The van der Waals surface area contributed by atoms with Crippen LogP contribution in [-0.4, -0.2) is 17.5 Å². The molecule has 0 saturated heterocycles. The van der Waals surface area contributed by atoms with E-state index in [4.69, 9.17) is 4.42 Å². The Morgan fingerprint density at radius 3 is 2.62 bits per heavy atom. The molecule has 0 fully saturated rings. The van der Waals surface area contributed by atoms with Gasteiger partial charge >= 0.3 is 6.03 Å². The fraction of sp³-hybridized carbons (Fsp3) is 0.211. The lowest BCUT2D eigenvalue weighted by Crippen LogP contribution is -2.39. The largest absolute Gasteiger partial charge is 0.472 e. The molecular formula is C19H20N2O2S. The number of carbonyl (C=O) groups excluding carboxylic acids is 1. The van der Waals surface area contributed by atoms with E-state index in [1.165, 1.54) is 5.56 Å². The van der Waals surface area contributed by atoms with Crippen LogP contribution in [0.1, 0.15) is 16.0 Å². The molecule has 0 unspecified atom stereocenters. The van der Waals surface area contributed by atoms with E-state index in [9.17, 15) is 4.79 Å². The minimum Gasteiger partial charge on any atom is -0.472 e. The fourth-order valence-corrected chi connectivity index (χ4v) is 3.18. The van der Waals surface area contributed by atoms with Gasteiger partial charge in [-0.15, -0.1) is 11.3 Å². The van der Waals surface area contributed by atoms with Gasteiger partial charge < -0.3 is 14.6 Å². The van der Waals surface area contributed by atoms with Crippen LogP contribution in [0.3, 0.4) is 0 Å². The van der Waals surface area contributed by atoms with Crippen LogP contribution in [0.5, 0.6) is 0 Å². The lowest BCUT2D eigenvalue weighted by atomic mass is 10.1. The van der Waals surface area contributed by atoms with Gasteiger partial charge in [-0.05, 0) is 29.5 Å². The zero-order valence-electron chi connectivity index (χ0n) is 13.4. The van der Waals surface area contributed by atoms with Crippen LogP contribution in [0.4, 0.5) is 4.79 Å². The first kappa shape index (κ1) is 16.3. The van der Waals surface area contributed by atoms with Crippen LogP contribution in [0.25, 0.3) is 0 Å². The molecule has 0 bridgehead atoms. The molecule has 0 spiro atoms. The van der Waals surface area contributed by atoms with Crippen molar-refractivity contribution in [3.8, 4) is 0 Å². The van der Waals surface area contributed by atoms with E-state index in [1.54, 1.807) is 23.9 Å². The van der Waals surface area contributed by atoms with Crippen LogP contribution >= 0.6 is 11.3 Å². The highest BCUT2D eigenvalue weighted by atomic mass is 32.1. The fourth-order valence-electron chi connectivity index (χ4n) is 2.46. The number of furan rings is 1. The van der Waals surface area contributed by atoms with E-state index in [1.807, 2.05) is 46.7 Å². The SMILES string of the molecule is O=C(NCCc1ccccc1)N(Cc1ccoc1)Cc1cccs1. The molecule has 0 aliphatic carbocycles. The monoisotopic (exact) mass is 340 g/mol. The van der Waals surface area contributed by atoms with Crippen molar-refractivity contribution in [1.29, 1.82) is 0 Å². The van der Waals surface area contributed by atoms with Gasteiger partial charge in [0.15, 0.2) is 0 Å². The summed E-state index contributed by atoms with van der Waals surface area (Å²) >= 11 is 1.66. The molecule has 2 aromatic heterocycles. The number of hydrogen-bond acceptors (Lipinski definition) is 3. The Labute approximate surface area is 145 Å². The second-order valence-corrected chi connectivity index (χ2v) is 6.57. The normalized spacial score (nSPS) is 10.5. The molecule has 0 radical (unpaired) electrons. The lowest BCUT2D eigenvalue weighted by molar-refractivity contribution is 0.193. The molecule has 124 valence electrons. The number of rotatable bonds is 7. The standard InChI is InChI=1S/C19H20N2O2S/c22-19(20-10-8-16-5-2-1-3-6-16)21(13-17-9-11-23-15-17)14-18-7-4-12-24-18/h1-7,9,11-12,15H,8,10,13-14H2,(H,20,22). The van der Waals surface area contributed by atoms with Crippen molar-refractivity contribution in [2.45, 2.75) is 19.5 Å². The van der Waals surface area contributed by atoms with E-state index in [-0.39, 0.29) is 6.03 Å². The van der Waals surface area contributed by atoms with E-state index < -0.39 is 0 Å². The summed E-state index contributed by atoms with van der Waals surface area (Å²) in [5, 5.41) is 5.04. The number of carbonyl (C=O) groups is 1. The summed E-state index contributed by atoms with van der Waals surface area (Å²) in [6, 6.07) is 16.0. The molecule has 24 heavy (non-hydrogen) atoms. The number of amides is 2. The van der Waals surface area contributed by atoms with Gasteiger partial charge in [0.2, 0.25) is 0 Å². The maximum Gasteiger partial charge on any atom is 0.318 e. The van der Waals surface area contributed by atoms with Crippen molar-refractivity contribution >= 4 is 17.4 Å². The van der Waals surface area contributed by atoms with Crippen molar-refractivity contribution in [2.75, 3.05) is 6.54 Å². The molecule has 2 amide bonds. The van der Waals surface area contributed by atoms with Gasteiger partial charge in [-0.3, -0.25) is 0 Å². The van der Waals surface area contributed by atoms with Crippen molar-refractivity contribution < 1.29 is 9.21 Å². The van der Waals surface area contributed by atoms with E-state index in [2.05, 4.69) is 17.4 Å². The third-order valence-corrected chi connectivity index (χ3v) is 4.56. The Balaban J connectivity index is 1.57. The van der Waals surface area contributed by atoms with Crippen LogP contribution in [0.2, 0.25) is 0 Å². The predicted octanol–water partition coefficient (Wildman–Crippen LogP) is 4.30. The number of nitrogens with zero attached hydrogens (tertiary/aromatic N) is 1. The molecule has 2 heterocycles. The Morgan fingerprint density at radius 1 is 1.04 bits per heavy atom. The van der Waals surface area contributed by atoms with Gasteiger partial charge in [0.1, 0.15) is 0 Å². The second kappa shape index (κ2) is 8.36. The van der Waals surface area contributed by atoms with Gasteiger partial charge in [0.25, 0.3) is 0 Å². The van der Waals surface area contributed by atoms with Crippen LogP contribution in [0, 0.1) is 0 Å². The number of nitrogens with one attached hydrogen (secondary N) is 1. The summed E-state index contributed by atoms with van der Waals surface area (Å²) < 4.78 is 5.11. The number of hydrogen-bond donors (Lipinski definition) is 1. The maximum atomic E-state index is 12.6. The van der Waals surface area contributed by atoms with Crippen molar-refractivity contribution in [1.82, 2.24) is 10.2 Å². The minimum absolute atomic E-state index is 0.0551. The first-order chi connectivity index (χ1) is 11.8. The maximum absolute atomic E-state index is 12.6. The van der Waals surface area contributed by atoms with Crippen LogP contribution in [0.15, 0.2) is 70.9 Å². The Hall–Kier alpha value is -2.53. The number of urea groups is 1. The highest BCUT2D eigenvalue weighted by molar-refractivity contribution is 7.09. The molecule has 0 aliphatic rings. The topological polar surface area (TPSA) is 45.5 Å². The Kier molecular flexibility index (Phi) is 5.69. The minimum atomic E-state index is -0.0551. The third-order valence-electron chi connectivity index (χ3n) is 3.70. The summed E-state index contributed by atoms with van der Waals surface area (Å²) in [6.45, 7) is 1.75. The predicted molar refractivity (Wildman–Crippen MR) is 95.8 cm³/mol. The summed E-state index contributed by atoms with van der Waals surface area (Å²) in [4.78, 5) is 15.5. The molecule has 1 aromatic carbocycles. The Bertz CT molecular complexity index is 688. The van der Waals surface area contributed by atoms with Gasteiger partial charge in [-0.1, -0.05) is 36.4 Å². The molecule has 4 nitrogen and oxygen atoms in total. The van der Waals surface area contributed by atoms with Crippen molar-refractivity contribution in [3.63, 3.8) is 0 Å². The summed E-state index contributed by atoms with van der Waals surface area (Å²) in [7, 11) is 0. The lowest BCUT2D eigenvalue weighted by Gasteiger charge is -2.22.